The molecule has 0 aliphatic carbocycles. The molecule has 1 N–H and O–H groups in total. The Labute approximate surface area is 161 Å². The molecule has 0 radical (unpaired) electrons. The summed E-state index contributed by atoms with van der Waals surface area (Å²) in [6.45, 7) is 2.05. The summed E-state index contributed by atoms with van der Waals surface area (Å²) in [6.07, 6.45) is 0.237. The third kappa shape index (κ3) is 3.37. The second-order valence-corrected chi connectivity index (χ2v) is 7.73. The van der Waals surface area contributed by atoms with Crippen molar-refractivity contribution < 1.29 is 4.79 Å². The summed E-state index contributed by atoms with van der Waals surface area (Å²) in [5, 5.41) is 8.42. The predicted molar refractivity (Wildman–Crippen MR) is 107 cm³/mol. The van der Waals surface area contributed by atoms with Crippen LogP contribution in [0.2, 0.25) is 5.02 Å². The van der Waals surface area contributed by atoms with Crippen LogP contribution in [0.3, 0.4) is 0 Å². The van der Waals surface area contributed by atoms with E-state index in [0.29, 0.717) is 5.02 Å². The van der Waals surface area contributed by atoms with Crippen LogP contribution in [-0.4, -0.2) is 15.7 Å². The van der Waals surface area contributed by atoms with E-state index in [9.17, 15) is 4.79 Å². The molecule has 0 bridgehead atoms. The van der Waals surface area contributed by atoms with E-state index in [-0.39, 0.29) is 12.3 Å². The van der Waals surface area contributed by atoms with Crippen molar-refractivity contribution in [2.24, 2.45) is 0 Å². The maximum Gasteiger partial charge on any atom is 0.230 e. The number of aryl methyl sites for hydroxylation is 1. The quantitative estimate of drug-likeness (QED) is 0.706. The van der Waals surface area contributed by atoms with Crippen molar-refractivity contribution in [3.05, 3.63) is 75.9 Å². The Hall–Kier alpha value is -2.24. The maximum absolute atomic E-state index is 12.7. The number of aromatic nitrogens is 2. The van der Waals surface area contributed by atoms with Gasteiger partial charge in [0, 0.05) is 22.1 Å². The van der Waals surface area contributed by atoms with Gasteiger partial charge < -0.3 is 5.32 Å². The molecule has 0 fully saturated rings. The molecule has 6 heteroatoms. The minimum atomic E-state index is -0.0911. The highest BCUT2D eigenvalue weighted by molar-refractivity contribution is 7.98. The van der Waals surface area contributed by atoms with Crippen LogP contribution in [0.4, 0.5) is 5.82 Å². The van der Waals surface area contributed by atoms with Crippen molar-refractivity contribution in [1.29, 1.82) is 0 Å². The minimum Gasteiger partial charge on any atom is -0.310 e. The van der Waals surface area contributed by atoms with Gasteiger partial charge in [-0.2, -0.15) is 16.9 Å². The number of hydrogen-bond acceptors (Lipinski definition) is 3. The van der Waals surface area contributed by atoms with Crippen molar-refractivity contribution in [3.63, 3.8) is 0 Å². The number of thioether (sulfide) groups is 1. The first-order valence-corrected chi connectivity index (χ1v) is 9.94. The number of amides is 1. The lowest BCUT2D eigenvalue weighted by molar-refractivity contribution is -0.115. The smallest absolute Gasteiger partial charge is 0.230 e. The molecule has 1 aromatic heterocycles. The van der Waals surface area contributed by atoms with Crippen LogP contribution < -0.4 is 5.32 Å². The van der Waals surface area contributed by atoms with Gasteiger partial charge in [0.15, 0.2) is 0 Å². The fraction of sp³-hybridized carbons (Fsp3) is 0.200. The van der Waals surface area contributed by atoms with Crippen LogP contribution >= 0.6 is 23.4 Å². The molecular formula is C20H18ClN3OS. The molecule has 4 nitrogen and oxygen atoms in total. The van der Waals surface area contributed by atoms with E-state index in [2.05, 4.69) is 11.4 Å². The molecule has 26 heavy (non-hydrogen) atoms. The molecule has 0 saturated carbocycles. The van der Waals surface area contributed by atoms with E-state index in [0.717, 1.165) is 45.4 Å². The number of rotatable bonds is 4. The average molecular weight is 384 g/mol. The van der Waals surface area contributed by atoms with Gasteiger partial charge in [0.2, 0.25) is 5.91 Å². The van der Waals surface area contributed by atoms with Crippen molar-refractivity contribution in [2.75, 3.05) is 5.32 Å². The average Bonchev–Trinajstić information content (AvgIpc) is 3.20. The summed E-state index contributed by atoms with van der Waals surface area (Å²) < 4.78 is 1.85. The van der Waals surface area contributed by atoms with Gasteiger partial charge in [-0.3, -0.25) is 4.79 Å². The molecule has 1 aliphatic rings. The molecule has 132 valence electrons. The van der Waals surface area contributed by atoms with Crippen LogP contribution in [0, 0.1) is 6.92 Å². The Kier molecular flexibility index (Phi) is 4.74. The standard InChI is InChI=1S/C20H18ClN3OS/c1-13-5-4-7-15(9-13)24-20(16-11-26-12-18(16)23-24)22-19(25)10-14-6-2-3-8-17(14)21/h2-9H,10-12H2,1H3,(H,22,25). The fourth-order valence-corrected chi connectivity index (χ4v) is 4.32. The number of nitrogens with zero attached hydrogens (tertiary/aromatic N) is 2. The molecule has 0 unspecified atom stereocenters. The minimum absolute atomic E-state index is 0.0911. The summed E-state index contributed by atoms with van der Waals surface area (Å²) in [4.78, 5) is 12.7. The molecule has 0 saturated heterocycles. The van der Waals surface area contributed by atoms with Gasteiger partial charge in [-0.1, -0.05) is 41.9 Å². The van der Waals surface area contributed by atoms with E-state index >= 15 is 0 Å². The van der Waals surface area contributed by atoms with E-state index in [1.54, 1.807) is 6.07 Å². The van der Waals surface area contributed by atoms with Crippen molar-refractivity contribution >= 4 is 35.1 Å². The van der Waals surface area contributed by atoms with E-state index < -0.39 is 0 Å². The molecular weight excluding hydrogens is 366 g/mol. The summed E-state index contributed by atoms with van der Waals surface area (Å²) in [5.41, 5.74) is 5.09. The van der Waals surface area contributed by atoms with E-state index in [4.69, 9.17) is 16.7 Å². The Bertz CT molecular complexity index is 983. The summed E-state index contributed by atoms with van der Waals surface area (Å²) in [5.74, 6) is 2.42. The predicted octanol–water partition coefficient (Wildman–Crippen LogP) is 4.76. The number of benzene rings is 2. The monoisotopic (exact) mass is 383 g/mol. The molecule has 0 spiro atoms. The van der Waals surface area contributed by atoms with Crippen molar-refractivity contribution in [2.45, 2.75) is 24.9 Å². The van der Waals surface area contributed by atoms with Crippen molar-refractivity contribution in [1.82, 2.24) is 9.78 Å². The number of anilines is 1. The van der Waals surface area contributed by atoms with Gasteiger partial charge in [-0.25, -0.2) is 4.68 Å². The van der Waals surface area contributed by atoms with Gasteiger partial charge in [-0.15, -0.1) is 0 Å². The second-order valence-electron chi connectivity index (χ2n) is 6.33. The summed E-state index contributed by atoms with van der Waals surface area (Å²) >= 11 is 8.00. The van der Waals surface area contributed by atoms with Crippen LogP contribution in [0.5, 0.6) is 0 Å². The first-order chi connectivity index (χ1) is 12.6. The third-order valence-corrected chi connectivity index (χ3v) is 5.70. The Balaban J connectivity index is 1.65. The highest BCUT2D eigenvalue weighted by atomic mass is 35.5. The molecule has 1 aliphatic heterocycles. The van der Waals surface area contributed by atoms with Crippen LogP contribution in [0.15, 0.2) is 48.5 Å². The molecule has 3 aromatic rings. The zero-order valence-electron chi connectivity index (χ0n) is 14.3. The van der Waals surface area contributed by atoms with Crippen molar-refractivity contribution in [3.8, 4) is 5.69 Å². The number of carbonyl (C=O) groups is 1. The normalized spacial score (nSPS) is 12.8. The lowest BCUT2D eigenvalue weighted by Gasteiger charge is -2.12. The molecule has 1 amide bonds. The molecule has 0 atom stereocenters. The Morgan fingerprint density at radius 3 is 2.88 bits per heavy atom. The number of halogens is 1. The highest BCUT2D eigenvalue weighted by Gasteiger charge is 2.24. The first kappa shape index (κ1) is 17.2. The van der Waals surface area contributed by atoms with E-state index in [1.807, 2.05) is 59.8 Å². The SMILES string of the molecule is Cc1cccc(-n2nc3c(c2NC(=O)Cc2ccccc2Cl)CSC3)c1. The number of fused-ring (bicyclic) bond motifs is 1. The number of carbonyl (C=O) groups excluding carboxylic acids is 1. The van der Waals surface area contributed by atoms with E-state index in [1.165, 1.54) is 0 Å². The largest absolute Gasteiger partial charge is 0.310 e. The molecule has 2 aromatic carbocycles. The second kappa shape index (κ2) is 7.17. The zero-order chi connectivity index (χ0) is 18.1. The first-order valence-electron chi connectivity index (χ1n) is 8.40. The summed E-state index contributed by atoms with van der Waals surface area (Å²) in [7, 11) is 0. The number of hydrogen-bond donors (Lipinski definition) is 1. The van der Waals surface area contributed by atoms with Gasteiger partial charge in [0.1, 0.15) is 5.82 Å². The maximum atomic E-state index is 12.7. The topological polar surface area (TPSA) is 46.9 Å². The lowest BCUT2D eigenvalue weighted by atomic mass is 10.1. The lowest BCUT2D eigenvalue weighted by Crippen LogP contribution is -2.18. The molecule has 4 rings (SSSR count). The van der Waals surface area contributed by atoms with Gasteiger partial charge >= 0.3 is 0 Å². The molecule has 2 heterocycles. The van der Waals surface area contributed by atoms with Gasteiger partial charge in [-0.05, 0) is 36.2 Å². The fourth-order valence-electron chi connectivity index (χ4n) is 3.08. The van der Waals surface area contributed by atoms with Gasteiger partial charge in [0.05, 0.1) is 17.8 Å². The third-order valence-electron chi connectivity index (χ3n) is 4.36. The van der Waals surface area contributed by atoms with Gasteiger partial charge in [0.25, 0.3) is 0 Å². The van der Waals surface area contributed by atoms with Crippen LogP contribution in [0.25, 0.3) is 5.69 Å². The highest BCUT2D eigenvalue weighted by Crippen LogP contribution is 2.36. The zero-order valence-corrected chi connectivity index (χ0v) is 15.9. The Morgan fingerprint density at radius 2 is 2.08 bits per heavy atom. The Morgan fingerprint density at radius 1 is 1.23 bits per heavy atom. The number of nitrogens with one attached hydrogen (secondary N) is 1. The van der Waals surface area contributed by atoms with Crippen LogP contribution in [-0.2, 0) is 22.7 Å². The summed E-state index contributed by atoms with van der Waals surface area (Å²) in [6, 6.07) is 15.6. The van der Waals surface area contributed by atoms with Crippen LogP contribution in [0.1, 0.15) is 22.4 Å².